The Labute approximate surface area is 142 Å². The fourth-order valence-electron chi connectivity index (χ4n) is 2.02. The molecule has 0 saturated carbocycles. The molecule has 8 heteroatoms. The fourth-order valence-corrected chi connectivity index (χ4v) is 2.14. The van der Waals surface area contributed by atoms with Crippen LogP contribution in [0.15, 0.2) is 58.5 Å². The Hall–Kier alpha value is -3.11. The molecule has 120 valence electrons. The molecule has 3 rings (SSSR count). The van der Waals surface area contributed by atoms with Crippen LogP contribution in [0, 0.1) is 17.3 Å². The number of benzene rings is 2. The Kier molecular flexibility index (Phi) is 4.59. The third-order valence-corrected chi connectivity index (χ3v) is 3.44. The van der Waals surface area contributed by atoms with Crippen molar-refractivity contribution in [3.63, 3.8) is 0 Å². The van der Waals surface area contributed by atoms with Crippen molar-refractivity contribution in [1.82, 2.24) is 10.4 Å². The van der Waals surface area contributed by atoms with Crippen LogP contribution >= 0.6 is 11.6 Å². The first-order valence-corrected chi connectivity index (χ1v) is 7.29. The Morgan fingerprint density at radius 2 is 2.12 bits per heavy atom. The normalized spacial score (nSPS) is 14.0. The monoisotopic (exact) mass is 343 g/mol. The lowest BCUT2D eigenvalue weighted by molar-refractivity contribution is 0.335. The Morgan fingerprint density at radius 3 is 2.83 bits per heavy atom. The molecule has 0 spiro atoms. The molecule has 2 aromatic carbocycles. The number of hydrogen-bond acceptors (Lipinski definition) is 5. The van der Waals surface area contributed by atoms with E-state index in [1.54, 1.807) is 36.5 Å². The molecule has 2 aromatic rings. The quantitative estimate of drug-likeness (QED) is 0.517. The van der Waals surface area contributed by atoms with Gasteiger partial charge in [-0.3, -0.25) is 5.43 Å². The van der Waals surface area contributed by atoms with Crippen molar-refractivity contribution in [3.8, 4) is 11.9 Å². The van der Waals surface area contributed by atoms with Crippen LogP contribution in [0.4, 0.5) is 4.39 Å². The summed E-state index contributed by atoms with van der Waals surface area (Å²) in [6.07, 6.45) is 1.69. The van der Waals surface area contributed by atoms with E-state index in [4.69, 9.17) is 21.6 Å². The highest BCUT2D eigenvalue weighted by molar-refractivity contribution is 6.30. The van der Waals surface area contributed by atoms with Gasteiger partial charge in [0, 0.05) is 5.56 Å². The summed E-state index contributed by atoms with van der Waals surface area (Å²) in [5.74, 6) is 0.413. The summed E-state index contributed by atoms with van der Waals surface area (Å²) in [7, 11) is 0. The largest absolute Gasteiger partial charge is 0.424 e. The molecule has 0 fully saturated rings. The average Bonchev–Trinajstić information content (AvgIpc) is 3.08. The summed E-state index contributed by atoms with van der Waals surface area (Å²) in [5, 5.41) is 10.3. The molecule has 1 aliphatic rings. The maximum atomic E-state index is 13.6. The zero-order valence-corrected chi connectivity index (χ0v) is 13.0. The number of nitrogens with zero attached hydrogens (tertiary/aromatic N) is 4. The lowest BCUT2D eigenvalue weighted by atomic mass is 10.2. The van der Waals surface area contributed by atoms with Crippen molar-refractivity contribution < 1.29 is 9.13 Å². The van der Waals surface area contributed by atoms with Gasteiger partial charge in [0.05, 0.1) is 5.02 Å². The van der Waals surface area contributed by atoms with E-state index in [0.717, 1.165) is 0 Å². The predicted octanol–water partition coefficient (Wildman–Crippen LogP) is 2.92. The van der Waals surface area contributed by atoms with E-state index >= 15 is 0 Å². The number of hydrazine groups is 1. The van der Waals surface area contributed by atoms with E-state index in [2.05, 4.69) is 15.4 Å². The van der Waals surface area contributed by atoms with Gasteiger partial charge < -0.3 is 4.74 Å². The molecular formula is C16H11ClFN5O. The molecule has 0 radical (unpaired) electrons. The maximum absolute atomic E-state index is 13.6. The molecular weight excluding hydrogens is 333 g/mol. The zero-order chi connectivity index (χ0) is 16.9. The van der Waals surface area contributed by atoms with Crippen LogP contribution in [0.2, 0.25) is 5.02 Å². The number of aliphatic imine (C=N–C) groups is 2. The molecule has 0 amide bonds. The molecule has 0 atom stereocenters. The van der Waals surface area contributed by atoms with E-state index in [9.17, 15) is 4.39 Å². The van der Waals surface area contributed by atoms with Gasteiger partial charge in [0.2, 0.25) is 6.19 Å². The SMILES string of the molecule is N#CN=C(Oc1ccccc1)N1CN=C(c2ccc(Cl)c(F)c2)N1. The first kappa shape index (κ1) is 15.8. The van der Waals surface area contributed by atoms with Crippen molar-refractivity contribution in [1.29, 1.82) is 5.26 Å². The second-order valence-corrected chi connectivity index (χ2v) is 5.13. The van der Waals surface area contributed by atoms with Crippen molar-refractivity contribution in [2.75, 3.05) is 6.67 Å². The van der Waals surface area contributed by atoms with Gasteiger partial charge in [0.25, 0.3) is 0 Å². The minimum Gasteiger partial charge on any atom is -0.424 e. The van der Waals surface area contributed by atoms with Crippen LogP contribution in [0.3, 0.4) is 0 Å². The summed E-state index contributed by atoms with van der Waals surface area (Å²) in [4.78, 5) is 7.91. The van der Waals surface area contributed by atoms with Crippen LogP contribution < -0.4 is 10.2 Å². The van der Waals surface area contributed by atoms with Gasteiger partial charge >= 0.3 is 6.02 Å². The Morgan fingerprint density at radius 1 is 1.33 bits per heavy atom. The molecule has 1 N–H and O–H groups in total. The van der Waals surface area contributed by atoms with Crippen LogP contribution in [-0.2, 0) is 0 Å². The fraction of sp³-hybridized carbons (Fsp3) is 0.0625. The van der Waals surface area contributed by atoms with Gasteiger partial charge in [0.15, 0.2) is 0 Å². The van der Waals surface area contributed by atoms with Gasteiger partial charge in [-0.25, -0.2) is 14.4 Å². The topological polar surface area (TPSA) is 73.0 Å². The molecule has 6 nitrogen and oxygen atoms in total. The van der Waals surface area contributed by atoms with E-state index < -0.39 is 5.82 Å². The number of amidine groups is 2. The molecule has 0 saturated heterocycles. The number of nitriles is 1. The summed E-state index contributed by atoms with van der Waals surface area (Å²) in [6.45, 7) is 0.160. The highest BCUT2D eigenvalue weighted by Crippen LogP contribution is 2.17. The molecule has 24 heavy (non-hydrogen) atoms. The van der Waals surface area contributed by atoms with Gasteiger partial charge in [-0.05, 0) is 30.3 Å². The van der Waals surface area contributed by atoms with Gasteiger partial charge in [-0.15, -0.1) is 4.99 Å². The maximum Gasteiger partial charge on any atom is 0.329 e. The number of ether oxygens (including phenoxy) is 1. The van der Waals surface area contributed by atoms with Crippen LogP contribution in [0.25, 0.3) is 0 Å². The zero-order valence-electron chi connectivity index (χ0n) is 12.3. The molecule has 1 aliphatic heterocycles. The van der Waals surface area contributed by atoms with Gasteiger partial charge in [0.1, 0.15) is 24.1 Å². The highest BCUT2D eigenvalue weighted by atomic mass is 35.5. The van der Waals surface area contributed by atoms with E-state index in [1.807, 2.05) is 6.07 Å². The third kappa shape index (κ3) is 3.45. The number of hydrogen-bond donors (Lipinski definition) is 1. The molecule has 0 aliphatic carbocycles. The molecule has 0 aromatic heterocycles. The Bertz CT molecular complexity index is 847. The standard InChI is InChI=1S/C16H11ClFN5O/c17-13-7-6-11(8-14(13)18)15-21-10-23(22-15)16(20-9-19)24-12-4-2-1-3-5-12/h1-8H,10H2,(H,21,22). The van der Waals surface area contributed by atoms with E-state index in [0.29, 0.717) is 17.1 Å². The lowest BCUT2D eigenvalue weighted by Gasteiger charge is -2.19. The first-order valence-electron chi connectivity index (χ1n) is 6.91. The summed E-state index contributed by atoms with van der Waals surface area (Å²) in [5.41, 5.74) is 3.45. The van der Waals surface area contributed by atoms with Crippen molar-refractivity contribution in [3.05, 3.63) is 64.9 Å². The minimum atomic E-state index is -0.538. The van der Waals surface area contributed by atoms with Crippen molar-refractivity contribution in [2.24, 2.45) is 9.98 Å². The van der Waals surface area contributed by atoms with Gasteiger partial charge in [-0.2, -0.15) is 5.26 Å². The van der Waals surface area contributed by atoms with Crippen molar-refractivity contribution >= 4 is 23.5 Å². The van der Waals surface area contributed by atoms with E-state index in [1.165, 1.54) is 17.1 Å². The van der Waals surface area contributed by atoms with Gasteiger partial charge in [-0.1, -0.05) is 29.8 Å². The predicted molar refractivity (Wildman–Crippen MR) is 87.9 cm³/mol. The van der Waals surface area contributed by atoms with Crippen molar-refractivity contribution in [2.45, 2.75) is 0 Å². The Balaban J connectivity index is 1.75. The second kappa shape index (κ2) is 6.98. The molecule has 0 unspecified atom stereocenters. The van der Waals surface area contributed by atoms with Crippen LogP contribution in [0.1, 0.15) is 5.56 Å². The number of para-hydroxylation sites is 1. The second-order valence-electron chi connectivity index (χ2n) is 4.73. The highest BCUT2D eigenvalue weighted by Gasteiger charge is 2.22. The molecule has 0 bridgehead atoms. The number of nitrogens with one attached hydrogen (secondary N) is 1. The smallest absolute Gasteiger partial charge is 0.329 e. The average molecular weight is 344 g/mol. The lowest BCUT2D eigenvalue weighted by Crippen LogP contribution is -2.43. The number of rotatable bonds is 2. The first-order chi connectivity index (χ1) is 11.7. The minimum absolute atomic E-state index is 0.0355. The molecule has 1 heterocycles. The number of halogens is 2. The van der Waals surface area contributed by atoms with Crippen LogP contribution in [0.5, 0.6) is 5.75 Å². The third-order valence-electron chi connectivity index (χ3n) is 3.13. The van der Waals surface area contributed by atoms with Crippen LogP contribution in [-0.4, -0.2) is 23.5 Å². The summed E-state index contributed by atoms with van der Waals surface area (Å²) < 4.78 is 19.2. The summed E-state index contributed by atoms with van der Waals surface area (Å²) in [6, 6.07) is 13.3. The van der Waals surface area contributed by atoms with E-state index in [-0.39, 0.29) is 17.7 Å². The summed E-state index contributed by atoms with van der Waals surface area (Å²) >= 11 is 5.68.